The average molecular weight is 483 g/mol. The summed E-state index contributed by atoms with van der Waals surface area (Å²) < 4.78 is 1.99. The number of benzene rings is 1. The van der Waals surface area contributed by atoms with E-state index in [1.54, 1.807) is 0 Å². The van der Waals surface area contributed by atoms with Gasteiger partial charge in [0.25, 0.3) is 0 Å². The topological polar surface area (TPSA) is 82.5 Å². The largest absolute Gasteiger partial charge is 0.350 e. The van der Waals surface area contributed by atoms with Gasteiger partial charge in [-0.3, -0.25) is 19.4 Å². The molecule has 1 saturated heterocycles. The summed E-state index contributed by atoms with van der Waals surface area (Å²) in [4.78, 5) is 29.3. The van der Waals surface area contributed by atoms with Crippen molar-refractivity contribution in [3.63, 3.8) is 0 Å². The van der Waals surface area contributed by atoms with Crippen LogP contribution in [0.25, 0.3) is 5.69 Å². The molecule has 2 amide bonds. The van der Waals surface area contributed by atoms with Gasteiger partial charge in [-0.2, -0.15) is 5.10 Å². The van der Waals surface area contributed by atoms with E-state index in [9.17, 15) is 9.59 Å². The number of aromatic nitrogens is 2. The summed E-state index contributed by atoms with van der Waals surface area (Å²) in [6.45, 7) is 14.8. The summed E-state index contributed by atoms with van der Waals surface area (Å²) in [5.41, 5.74) is 2.83. The zero-order valence-corrected chi connectivity index (χ0v) is 22.0. The van der Waals surface area contributed by atoms with Crippen molar-refractivity contribution in [1.29, 1.82) is 0 Å². The molecule has 0 unspecified atom stereocenters. The van der Waals surface area contributed by atoms with Crippen molar-refractivity contribution in [1.82, 2.24) is 30.2 Å². The van der Waals surface area contributed by atoms with Crippen LogP contribution in [0.4, 0.5) is 0 Å². The number of para-hydroxylation sites is 1. The molecule has 0 radical (unpaired) electrons. The first-order chi connectivity index (χ1) is 16.6. The van der Waals surface area contributed by atoms with Crippen molar-refractivity contribution >= 4 is 11.8 Å². The van der Waals surface area contributed by atoms with E-state index in [1.807, 2.05) is 43.7 Å². The Morgan fingerprint density at radius 2 is 1.60 bits per heavy atom. The van der Waals surface area contributed by atoms with Gasteiger partial charge in [0.05, 0.1) is 31.0 Å². The monoisotopic (exact) mass is 482 g/mol. The van der Waals surface area contributed by atoms with Crippen LogP contribution in [-0.2, 0) is 22.6 Å². The number of carbonyl (C=O) groups is 2. The van der Waals surface area contributed by atoms with Crippen molar-refractivity contribution in [3.05, 3.63) is 47.8 Å². The normalized spacial score (nSPS) is 15.7. The minimum atomic E-state index is -0.223. The number of rotatable bonds is 9. The van der Waals surface area contributed by atoms with Crippen LogP contribution in [0.5, 0.6) is 0 Å². The number of hydrogen-bond acceptors (Lipinski definition) is 5. The van der Waals surface area contributed by atoms with Crippen LogP contribution in [0.15, 0.2) is 36.4 Å². The Balaban J connectivity index is 1.49. The molecule has 3 rings (SSSR count). The van der Waals surface area contributed by atoms with Crippen molar-refractivity contribution in [2.24, 2.45) is 5.92 Å². The molecule has 8 nitrogen and oxygen atoms in total. The third kappa shape index (κ3) is 9.11. The lowest BCUT2D eigenvalue weighted by Crippen LogP contribution is -2.46. The maximum absolute atomic E-state index is 12.7. The predicted octanol–water partition coefficient (Wildman–Crippen LogP) is 2.61. The maximum Gasteiger partial charge on any atom is 0.234 e. The highest BCUT2D eigenvalue weighted by Gasteiger charge is 2.21. The highest BCUT2D eigenvalue weighted by Crippen LogP contribution is 2.16. The second-order valence-electron chi connectivity index (χ2n) is 11.0. The molecule has 1 aliphatic heterocycles. The molecule has 35 heavy (non-hydrogen) atoms. The predicted molar refractivity (Wildman–Crippen MR) is 139 cm³/mol. The first kappa shape index (κ1) is 26.9. The SMILES string of the molecule is CC(C)Cc1cc(CNC(=O)CN2CCCN(CC(=O)NC(C)(C)C)CC2)nn1-c1ccccc1. The van der Waals surface area contributed by atoms with Gasteiger partial charge in [0.15, 0.2) is 0 Å². The molecule has 0 atom stereocenters. The van der Waals surface area contributed by atoms with Gasteiger partial charge >= 0.3 is 0 Å². The Labute approximate surface area is 210 Å². The van der Waals surface area contributed by atoms with Gasteiger partial charge in [-0.25, -0.2) is 4.68 Å². The van der Waals surface area contributed by atoms with Crippen molar-refractivity contribution in [2.45, 2.75) is 59.5 Å². The summed E-state index contributed by atoms with van der Waals surface area (Å²) in [6.07, 6.45) is 1.87. The van der Waals surface area contributed by atoms with E-state index in [4.69, 9.17) is 5.10 Å². The zero-order valence-electron chi connectivity index (χ0n) is 22.0. The fraction of sp³-hybridized carbons (Fsp3) is 0.593. The molecule has 2 N–H and O–H groups in total. The summed E-state index contributed by atoms with van der Waals surface area (Å²) in [6, 6.07) is 12.2. The molecular formula is C27H42N6O2. The minimum Gasteiger partial charge on any atom is -0.350 e. The number of carbonyl (C=O) groups excluding carboxylic acids is 2. The van der Waals surface area contributed by atoms with Crippen LogP contribution >= 0.6 is 0 Å². The van der Waals surface area contributed by atoms with Crippen molar-refractivity contribution in [3.8, 4) is 5.69 Å². The summed E-state index contributed by atoms with van der Waals surface area (Å²) in [7, 11) is 0. The molecule has 192 valence electrons. The molecule has 8 heteroatoms. The van der Waals surface area contributed by atoms with Crippen LogP contribution in [0.2, 0.25) is 0 Å². The van der Waals surface area contributed by atoms with E-state index in [1.165, 1.54) is 0 Å². The van der Waals surface area contributed by atoms with Crippen LogP contribution < -0.4 is 10.6 Å². The maximum atomic E-state index is 12.7. The molecule has 0 spiro atoms. The van der Waals surface area contributed by atoms with Gasteiger partial charge in [-0.05, 0) is 70.8 Å². The smallest absolute Gasteiger partial charge is 0.234 e. The fourth-order valence-electron chi connectivity index (χ4n) is 4.37. The number of amides is 2. The molecular weight excluding hydrogens is 440 g/mol. The van der Waals surface area contributed by atoms with Gasteiger partial charge in [0.2, 0.25) is 11.8 Å². The molecule has 0 bridgehead atoms. The minimum absolute atomic E-state index is 0.00333. The van der Waals surface area contributed by atoms with E-state index in [-0.39, 0.29) is 17.4 Å². The fourth-order valence-corrected chi connectivity index (χ4v) is 4.37. The Hall–Kier alpha value is -2.71. The molecule has 1 aromatic carbocycles. The van der Waals surface area contributed by atoms with E-state index in [2.05, 4.69) is 52.5 Å². The summed E-state index contributed by atoms with van der Waals surface area (Å²) in [5.74, 6) is 0.567. The molecule has 0 aliphatic carbocycles. The van der Waals surface area contributed by atoms with E-state index < -0.39 is 0 Å². The van der Waals surface area contributed by atoms with E-state index in [0.29, 0.717) is 25.6 Å². The molecule has 2 aromatic rings. The number of nitrogens with zero attached hydrogens (tertiary/aromatic N) is 4. The lowest BCUT2D eigenvalue weighted by Gasteiger charge is -2.25. The molecule has 1 aliphatic rings. The lowest BCUT2D eigenvalue weighted by atomic mass is 10.1. The molecule has 1 fully saturated rings. The van der Waals surface area contributed by atoms with Gasteiger partial charge in [0, 0.05) is 24.3 Å². The van der Waals surface area contributed by atoms with Gasteiger partial charge in [-0.15, -0.1) is 0 Å². The quantitative estimate of drug-likeness (QED) is 0.574. The summed E-state index contributed by atoms with van der Waals surface area (Å²) >= 11 is 0. The zero-order chi connectivity index (χ0) is 25.4. The van der Waals surface area contributed by atoms with Crippen molar-refractivity contribution < 1.29 is 9.59 Å². The highest BCUT2D eigenvalue weighted by molar-refractivity contribution is 5.79. The van der Waals surface area contributed by atoms with Crippen LogP contribution in [0, 0.1) is 5.92 Å². The second-order valence-corrected chi connectivity index (χ2v) is 11.0. The standard InChI is InChI=1S/C27H42N6O2/c1-21(2)16-24-17-22(30-33(24)23-10-7-6-8-11-23)18-28-25(34)19-31-12-9-13-32(15-14-31)20-26(35)29-27(3,4)5/h6-8,10-11,17,21H,9,12-16,18-20H2,1-5H3,(H,28,34)(H,29,35). The first-order valence-electron chi connectivity index (χ1n) is 12.7. The van der Waals surface area contributed by atoms with E-state index >= 15 is 0 Å². The van der Waals surface area contributed by atoms with Crippen LogP contribution in [0.1, 0.15) is 52.4 Å². The number of nitrogens with one attached hydrogen (secondary N) is 2. The third-order valence-corrected chi connectivity index (χ3v) is 5.85. The third-order valence-electron chi connectivity index (χ3n) is 5.85. The molecule has 1 aromatic heterocycles. The van der Waals surface area contributed by atoms with Crippen LogP contribution in [0.3, 0.4) is 0 Å². The molecule has 2 heterocycles. The van der Waals surface area contributed by atoms with Crippen molar-refractivity contribution in [2.75, 3.05) is 39.3 Å². The Morgan fingerprint density at radius 3 is 2.20 bits per heavy atom. The first-order valence-corrected chi connectivity index (χ1v) is 12.7. The number of hydrogen-bond donors (Lipinski definition) is 2. The summed E-state index contributed by atoms with van der Waals surface area (Å²) in [5, 5.41) is 10.8. The average Bonchev–Trinajstić information content (AvgIpc) is 3.03. The van der Waals surface area contributed by atoms with Gasteiger partial charge < -0.3 is 10.6 Å². The highest BCUT2D eigenvalue weighted by atomic mass is 16.2. The Kier molecular flexibility index (Phi) is 9.46. The lowest BCUT2D eigenvalue weighted by molar-refractivity contribution is -0.124. The Bertz CT molecular complexity index is 964. The molecule has 0 saturated carbocycles. The van der Waals surface area contributed by atoms with E-state index in [0.717, 1.165) is 56.1 Å². The van der Waals surface area contributed by atoms with Crippen LogP contribution in [-0.4, -0.2) is 76.2 Å². The second kappa shape index (κ2) is 12.3. The van der Waals surface area contributed by atoms with Gasteiger partial charge in [-0.1, -0.05) is 32.0 Å². The Morgan fingerprint density at radius 1 is 0.971 bits per heavy atom. The van der Waals surface area contributed by atoms with Gasteiger partial charge in [0.1, 0.15) is 0 Å².